The van der Waals surface area contributed by atoms with Crippen LogP contribution in [0.2, 0.25) is 0 Å². The molecule has 432 valence electrons. The summed E-state index contributed by atoms with van der Waals surface area (Å²) in [5.74, 6) is -10.8. The van der Waals surface area contributed by atoms with Gasteiger partial charge in [-0.1, -0.05) is 72.8 Å². The van der Waals surface area contributed by atoms with Crippen LogP contribution in [0.25, 0.3) is 0 Å². The van der Waals surface area contributed by atoms with E-state index in [9.17, 15) is 68.1 Å². The first-order valence-electron chi connectivity index (χ1n) is 26.1. The molecule has 1 aromatic heterocycles. The van der Waals surface area contributed by atoms with Gasteiger partial charge in [-0.15, -0.1) is 0 Å². The molecule has 2 aliphatic rings. The standard InChI is InChI=1S/C54H67N13O14/c55-35(28-68)46(72)63-39(22-32-15-17-34(69)18-16-32)52(78)66-19-7-13-42(66)50(76)62-36(24-33-27-58-29-59-33)47(73)60-37(25-44(56)70)48(74)61-38(26-45(57)71)49(75)64-40(21-30-9-3-1-4-10-30)53(79)67-20-8-14-43(67)51(77)65-41(54(80)81)23-31-11-5-2-6-12-31/h1-6,9-12,15-18,27,29,35-43,68-69H,7-8,13-14,19-26,28,55H2,(H2,56,70)(H2,57,71)(H,58,59)(H,60,73)(H,61,74)(H,62,76)(H,63,72)(H,64,75)(H,65,77)(H,80,81)/t35-,36-,37-,38-,39-,40-,41-,42-,43-/m0/s1. The van der Waals surface area contributed by atoms with Gasteiger partial charge in [0.05, 0.1) is 25.8 Å². The highest BCUT2D eigenvalue weighted by molar-refractivity contribution is 6.00. The molecule has 0 aliphatic carbocycles. The SMILES string of the molecule is NC(=O)C[C@H](NC(=O)[C@H](Cc1cnc[nH]1)NC(=O)[C@@H]1CCCN1C(=O)[C@H](Cc1ccc(O)cc1)NC(=O)[C@@H](N)CO)C(=O)N[C@@H](CC(N)=O)C(=O)N[C@@H](Cc1ccccc1)C(=O)N1CCC[C@H]1C(=O)N[C@@H](Cc1ccccc1)C(=O)O. The lowest BCUT2D eigenvalue weighted by Gasteiger charge is -2.31. The minimum absolute atomic E-state index is 0.0443. The zero-order valence-electron chi connectivity index (χ0n) is 44.0. The van der Waals surface area contributed by atoms with Crippen LogP contribution in [-0.4, -0.2) is 174 Å². The summed E-state index contributed by atoms with van der Waals surface area (Å²) in [5.41, 5.74) is 18.9. The minimum atomic E-state index is -1.87. The number of carboxylic acids is 1. The van der Waals surface area contributed by atoms with E-state index in [1.165, 1.54) is 46.6 Å². The van der Waals surface area contributed by atoms with E-state index in [0.29, 0.717) is 35.2 Å². The molecule has 0 radical (unpaired) electrons. The topological polar surface area (TPSA) is 434 Å². The highest BCUT2D eigenvalue weighted by atomic mass is 16.4. The number of benzene rings is 3. The number of phenols is 1. The van der Waals surface area contributed by atoms with E-state index in [4.69, 9.17) is 17.2 Å². The van der Waals surface area contributed by atoms with Gasteiger partial charge in [-0.3, -0.25) is 47.9 Å². The van der Waals surface area contributed by atoms with E-state index in [0.717, 1.165) is 0 Å². The van der Waals surface area contributed by atoms with Crippen LogP contribution < -0.4 is 49.1 Å². The summed E-state index contributed by atoms with van der Waals surface area (Å²) < 4.78 is 0. The summed E-state index contributed by atoms with van der Waals surface area (Å²) in [5, 5.41) is 44.3. The Kier molecular flexibility index (Phi) is 21.9. The molecule has 4 aromatic rings. The van der Waals surface area contributed by atoms with Crippen molar-refractivity contribution in [2.45, 2.75) is 119 Å². The molecule has 0 saturated carbocycles. The number of aromatic hydroxyl groups is 1. The van der Waals surface area contributed by atoms with Crippen LogP contribution in [0.3, 0.4) is 0 Å². The highest BCUT2D eigenvalue weighted by Crippen LogP contribution is 2.23. The van der Waals surface area contributed by atoms with E-state index in [1.54, 1.807) is 60.7 Å². The number of hydrogen-bond donors (Lipinski definition) is 13. The normalized spacial score (nSPS) is 17.4. The quantitative estimate of drug-likeness (QED) is 0.0262. The number of carbonyl (C=O) groups excluding carboxylic acids is 10. The van der Waals surface area contributed by atoms with Crippen LogP contribution in [0.1, 0.15) is 60.9 Å². The number of amides is 10. The summed E-state index contributed by atoms with van der Waals surface area (Å²) in [7, 11) is 0. The zero-order valence-corrected chi connectivity index (χ0v) is 44.0. The second-order valence-corrected chi connectivity index (χ2v) is 19.7. The van der Waals surface area contributed by atoms with Crippen molar-refractivity contribution < 1.29 is 68.1 Å². The smallest absolute Gasteiger partial charge is 0.326 e. The predicted molar refractivity (Wildman–Crippen MR) is 286 cm³/mol. The molecule has 0 unspecified atom stereocenters. The predicted octanol–water partition coefficient (Wildman–Crippen LogP) is -3.57. The third-order valence-corrected chi connectivity index (χ3v) is 13.7. The molecule has 27 heteroatoms. The molecule has 2 aliphatic heterocycles. The fraction of sp³-hybridized carbons (Fsp3) is 0.407. The van der Waals surface area contributed by atoms with Gasteiger partial charge < -0.3 is 79.2 Å². The van der Waals surface area contributed by atoms with Crippen molar-refractivity contribution in [2.75, 3.05) is 19.7 Å². The summed E-state index contributed by atoms with van der Waals surface area (Å²) in [6.45, 7) is -0.637. The van der Waals surface area contributed by atoms with Crippen molar-refractivity contribution in [3.05, 3.63) is 120 Å². The molecule has 16 N–H and O–H groups in total. The van der Waals surface area contributed by atoms with Gasteiger partial charge in [0.1, 0.15) is 60.1 Å². The number of nitrogens with two attached hydrogens (primary N) is 3. The Morgan fingerprint density at radius 1 is 0.556 bits per heavy atom. The largest absolute Gasteiger partial charge is 0.508 e. The maximum Gasteiger partial charge on any atom is 0.326 e. The molecule has 2 fully saturated rings. The molecule has 0 spiro atoms. The Bertz CT molecular complexity index is 2880. The Hall–Kier alpha value is -9.24. The molecule has 9 atom stereocenters. The minimum Gasteiger partial charge on any atom is -0.508 e. The lowest BCUT2D eigenvalue weighted by molar-refractivity contribution is -0.145. The van der Waals surface area contributed by atoms with E-state index >= 15 is 0 Å². The van der Waals surface area contributed by atoms with Gasteiger partial charge in [-0.25, -0.2) is 9.78 Å². The van der Waals surface area contributed by atoms with Crippen molar-refractivity contribution in [1.82, 2.24) is 51.7 Å². The molecule has 27 nitrogen and oxygen atoms in total. The number of nitrogens with zero attached hydrogens (tertiary/aromatic N) is 3. The monoisotopic (exact) mass is 1120 g/mol. The third-order valence-electron chi connectivity index (χ3n) is 13.7. The van der Waals surface area contributed by atoms with Gasteiger partial charge in [0.25, 0.3) is 0 Å². The molecule has 81 heavy (non-hydrogen) atoms. The summed E-state index contributed by atoms with van der Waals surface area (Å²) in [6, 6.07) is 9.72. The average molecular weight is 1120 g/mol. The number of nitrogens with one attached hydrogen (secondary N) is 7. The number of H-pyrrole nitrogens is 1. The van der Waals surface area contributed by atoms with Gasteiger partial charge in [-0.05, 0) is 54.5 Å². The molecule has 2 saturated heterocycles. The summed E-state index contributed by atoms with van der Waals surface area (Å²) in [6.07, 6.45) is 1.23. The lowest BCUT2D eigenvalue weighted by Crippen LogP contribution is -2.61. The number of phenolic OH excluding ortho intramolecular Hbond substituents is 1. The van der Waals surface area contributed by atoms with Crippen LogP contribution in [0.15, 0.2) is 97.5 Å². The molecule has 10 amide bonds. The van der Waals surface area contributed by atoms with Crippen LogP contribution in [0.5, 0.6) is 5.75 Å². The molecule has 6 rings (SSSR count). The zero-order chi connectivity index (χ0) is 58.8. The summed E-state index contributed by atoms with van der Waals surface area (Å²) in [4.78, 5) is 159. The summed E-state index contributed by atoms with van der Waals surface area (Å²) >= 11 is 0. The first-order valence-corrected chi connectivity index (χ1v) is 26.1. The van der Waals surface area contributed by atoms with Gasteiger partial charge >= 0.3 is 5.97 Å². The van der Waals surface area contributed by atoms with Gasteiger partial charge in [-0.2, -0.15) is 0 Å². The Labute approximate surface area is 464 Å². The van der Waals surface area contributed by atoms with E-state index in [2.05, 4.69) is 41.9 Å². The number of carboxylic acid groups (broad SMARTS) is 1. The number of primary amides is 2. The van der Waals surface area contributed by atoms with Crippen LogP contribution in [0.4, 0.5) is 0 Å². The maximum absolute atomic E-state index is 14.5. The highest BCUT2D eigenvalue weighted by Gasteiger charge is 2.42. The number of aliphatic carboxylic acids is 1. The van der Waals surface area contributed by atoms with E-state index in [1.807, 2.05) is 0 Å². The van der Waals surface area contributed by atoms with E-state index < -0.39 is 139 Å². The van der Waals surface area contributed by atoms with Crippen molar-refractivity contribution in [2.24, 2.45) is 17.2 Å². The molecule has 3 heterocycles. The lowest BCUT2D eigenvalue weighted by atomic mass is 10.0. The number of aliphatic hydroxyl groups excluding tert-OH is 1. The van der Waals surface area contributed by atoms with Crippen molar-refractivity contribution in [3.63, 3.8) is 0 Å². The number of imidazole rings is 1. The number of hydrogen-bond acceptors (Lipinski definition) is 15. The van der Waals surface area contributed by atoms with Gasteiger partial charge in [0.2, 0.25) is 59.1 Å². The first-order chi connectivity index (χ1) is 38.7. The van der Waals surface area contributed by atoms with Crippen molar-refractivity contribution in [3.8, 4) is 5.75 Å². The number of aliphatic hydroxyl groups is 1. The fourth-order valence-electron chi connectivity index (χ4n) is 9.53. The second-order valence-electron chi connectivity index (χ2n) is 19.7. The first kappa shape index (κ1) is 61.0. The van der Waals surface area contributed by atoms with Crippen LogP contribution in [0, 0.1) is 0 Å². The number of rotatable bonds is 28. The Morgan fingerprint density at radius 2 is 0.975 bits per heavy atom. The fourth-order valence-corrected chi connectivity index (χ4v) is 9.53. The van der Waals surface area contributed by atoms with Gasteiger partial charge in [0, 0.05) is 50.7 Å². The number of aromatic amines is 1. The molecule has 3 aromatic carbocycles. The Balaban J connectivity index is 1.19. The number of aromatic nitrogens is 2. The maximum atomic E-state index is 14.5. The number of carbonyl (C=O) groups is 11. The average Bonchev–Trinajstić information content (AvgIpc) is 4.47. The second kappa shape index (κ2) is 29.1. The molecule has 0 bridgehead atoms. The van der Waals surface area contributed by atoms with Crippen molar-refractivity contribution >= 4 is 65.0 Å². The van der Waals surface area contributed by atoms with Gasteiger partial charge in [0.15, 0.2) is 0 Å². The van der Waals surface area contributed by atoms with Crippen molar-refractivity contribution in [1.29, 1.82) is 0 Å². The molecular weight excluding hydrogens is 1050 g/mol. The van der Waals surface area contributed by atoms with Crippen LogP contribution in [-0.2, 0) is 78.4 Å². The molecular formula is C54H67N13O14. The Morgan fingerprint density at radius 3 is 1.41 bits per heavy atom. The number of likely N-dealkylation sites (tertiary alicyclic amines) is 2. The third kappa shape index (κ3) is 17.6. The van der Waals surface area contributed by atoms with E-state index in [-0.39, 0.29) is 57.4 Å². The van der Waals surface area contributed by atoms with Crippen LogP contribution >= 0.6 is 0 Å².